The van der Waals surface area contributed by atoms with Gasteiger partial charge >= 0.3 is 0 Å². The fourth-order valence-electron chi connectivity index (χ4n) is 4.45. The summed E-state index contributed by atoms with van der Waals surface area (Å²) in [5, 5.41) is 4.87. The van der Waals surface area contributed by atoms with Gasteiger partial charge in [-0.15, -0.1) is 0 Å². The van der Waals surface area contributed by atoms with Crippen LogP contribution in [0.25, 0.3) is 21.9 Å². The number of nitrogens with one attached hydrogen (secondary N) is 1. The summed E-state index contributed by atoms with van der Waals surface area (Å²) in [6.45, 7) is 2.38. The smallest absolute Gasteiger partial charge is 0.229 e. The molecule has 0 bridgehead atoms. The van der Waals surface area contributed by atoms with Crippen molar-refractivity contribution < 1.29 is 18.7 Å². The number of amides is 2. The predicted molar refractivity (Wildman–Crippen MR) is 124 cm³/mol. The first kappa shape index (κ1) is 20.1. The molecule has 0 spiro atoms. The van der Waals surface area contributed by atoms with Gasteiger partial charge in [0.2, 0.25) is 11.8 Å². The van der Waals surface area contributed by atoms with Gasteiger partial charge < -0.3 is 19.4 Å². The number of likely N-dealkylation sites (tertiary alicyclic amines) is 1. The van der Waals surface area contributed by atoms with Crippen LogP contribution in [-0.4, -0.2) is 30.4 Å². The summed E-state index contributed by atoms with van der Waals surface area (Å²) in [5.41, 5.74) is 3.04. The van der Waals surface area contributed by atoms with Crippen LogP contribution in [0.2, 0.25) is 0 Å². The van der Waals surface area contributed by atoms with Crippen molar-refractivity contribution in [1.29, 1.82) is 0 Å². The summed E-state index contributed by atoms with van der Waals surface area (Å²) in [5.74, 6) is -0.0861. The van der Waals surface area contributed by atoms with Gasteiger partial charge in [-0.2, -0.15) is 0 Å². The molecule has 6 nitrogen and oxygen atoms in total. The molecule has 4 aromatic rings. The molecular weight excluding hydrogens is 404 g/mol. The van der Waals surface area contributed by atoms with Gasteiger partial charge in [0, 0.05) is 29.8 Å². The number of rotatable bonds is 5. The lowest BCUT2D eigenvalue weighted by Gasteiger charge is -2.25. The molecule has 5 rings (SSSR count). The highest BCUT2D eigenvalue weighted by Gasteiger charge is 2.37. The van der Waals surface area contributed by atoms with Crippen LogP contribution >= 0.6 is 0 Å². The van der Waals surface area contributed by atoms with Crippen LogP contribution in [-0.2, 0) is 9.59 Å². The van der Waals surface area contributed by atoms with Crippen molar-refractivity contribution in [3.63, 3.8) is 0 Å². The molecule has 2 amide bonds. The van der Waals surface area contributed by atoms with Gasteiger partial charge in [-0.25, -0.2) is 0 Å². The Morgan fingerprint density at radius 2 is 1.81 bits per heavy atom. The second-order valence-electron chi connectivity index (χ2n) is 8.17. The van der Waals surface area contributed by atoms with Gasteiger partial charge in [0.05, 0.1) is 24.8 Å². The van der Waals surface area contributed by atoms with E-state index in [1.807, 2.05) is 67.6 Å². The molecule has 1 aromatic heterocycles. The molecule has 2 atom stereocenters. The van der Waals surface area contributed by atoms with E-state index in [-0.39, 0.29) is 24.3 Å². The van der Waals surface area contributed by atoms with Crippen molar-refractivity contribution >= 4 is 39.4 Å². The maximum absolute atomic E-state index is 13.1. The Hall–Kier alpha value is -3.80. The monoisotopic (exact) mass is 428 g/mol. The minimum absolute atomic E-state index is 0.0128. The molecule has 3 aromatic carbocycles. The van der Waals surface area contributed by atoms with Crippen LogP contribution in [0.15, 0.2) is 71.1 Å². The van der Waals surface area contributed by atoms with Crippen molar-refractivity contribution in [2.24, 2.45) is 5.92 Å². The fourth-order valence-corrected chi connectivity index (χ4v) is 4.45. The number of fused-ring (bicyclic) bond motifs is 3. The number of methoxy groups -OCH3 is 1. The van der Waals surface area contributed by atoms with E-state index in [2.05, 4.69) is 5.32 Å². The van der Waals surface area contributed by atoms with Crippen LogP contribution in [0.1, 0.15) is 24.9 Å². The minimum Gasteiger partial charge on any atom is -0.495 e. The average Bonchev–Trinajstić information content (AvgIpc) is 3.38. The molecule has 32 heavy (non-hydrogen) atoms. The molecule has 0 aliphatic carbocycles. The summed E-state index contributed by atoms with van der Waals surface area (Å²) < 4.78 is 11.5. The first-order chi connectivity index (χ1) is 15.5. The summed E-state index contributed by atoms with van der Waals surface area (Å²) in [7, 11) is 1.57. The Balaban J connectivity index is 1.37. The SMILES string of the molecule is COc1cc2c(cc1NC(=O)C1CC(=O)N(C(C)c3ccccc3)C1)oc1ccccc12. The Kier molecular flexibility index (Phi) is 5.05. The van der Waals surface area contributed by atoms with E-state index in [1.165, 1.54) is 0 Å². The van der Waals surface area contributed by atoms with Crippen molar-refractivity contribution in [2.45, 2.75) is 19.4 Å². The number of anilines is 1. The lowest BCUT2D eigenvalue weighted by molar-refractivity contribution is -0.129. The van der Waals surface area contributed by atoms with Gasteiger partial charge in [-0.3, -0.25) is 9.59 Å². The van der Waals surface area contributed by atoms with E-state index >= 15 is 0 Å². The van der Waals surface area contributed by atoms with Crippen molar-refractivity contribution in [3.8, 4) is 5.75 Å². The Labute approximate surface area is 185 Å². The molecule has 1 aliphatic rings. The summed E-state index contributed by atoms with van der Waals surface area (Å²) in [4.78, 5) is 27.5. The highest BCUT2D eigenvalue weighted by molar-refractivity contribution is 6.08. The summed E-state index contributed by atoms with van der Waals surface area (Å²) in [6.07, 6.45) is 0.193. The van der Waals surface area contributed by atoms with E-state index in [0.717, 1.165) is 21.9 Å². The molecule has 6 heteroatoms. The van der Waals surface area contributed by atoms with Crippen LogP contribution in [0.5, 0.6) is 5.75 Å². The number of hydrogen-bond acceptors (Lipinski definition) is 4. The molecular formula is C26H24N2O4. The first-order valence-corrected chi connectivity index (χ1v) is 10.7. The van der Waals surface area contributed by atoms with Gasteiger partial charge in [0.1, 0.15) is 16.9 Å². The zero-order valence-electron chi connectivity index (χ0n) is 18.0. The molecule has 1 fully saturated rings. The number of para-hydroxylation sites is 1. The molecule has 162 valence electrons. The van der Waals surface area contributed by atoms with E-state index in [0.29, 0.717) is 23.6 Å². The van der Waals surface area contributed by atoms with Gasteiger partial charge in [-0.05, 0) is 24.6 Å². The lowest BCUT2D eigenvalue weighted by atomic mass is 10.1. The first-order valence-electron chi connectivity index (χ1n) is 10.7. The maximum Gasteiger partial charge on any atom is 0.229 e. The second kappa shape index (κ2) is 8.04. The predicted octanol–water partition coefficient (Wildman–Crippen LogP) is 5.14. The average molecular weight is 428 g/mol. The number of nitrogens with zero attached hydrogens (tertiary/aromatic N) is 1. The third kappa shape index (κ3) is 3.47. The molecule has 1 saturated heterocycles. The van der Waals surface area contributed by atoms with Crippen LogP contribution in [0.3, 0.4) is 0 Å². The molecule has 1 N–H and O–H groups in total. The Bertz CT molecular complexity index is 1310. The number of benzene rings is 3. The van der Waals surface area contributed by atoms with Gasteiger partial charge in [0.25, 0.3) is 0 Å². The van der Waals surface area contributed by atoms with Crippen LogP contribution in [0.4, 0.5) is 5.69 Å². The minimum atomic E-state index is -0.426. The quantitative estimate of drug-likeness (QED) is 0.478. The third-order valence-corrected chi connectivity index (χ3v) is 6.24. The second-order valence-corrected chi connectivity index (χ2v) is 8.17. The zero-order chi connectivity index (χ0) is 22.2. The third-order valence-electron chi connectivity index (χ3n) is 6.24. The van der Waals surface area contributed by atoms with Crippen molar-refractivity contribution in [3.05, 3.63) is 72.3 Å². The molecule has 0 radical (unpaired) electrons. The molecule has 2 heterocycles. The van der Waals surface area contributed by atoms with E-state index in [4.69, 9.17) is 9.15 Å². The zero-order valence-corrected chi connectivity index (χ0v) is 18.0. The Morgan fingerprint density at radius 1 is 1.06 bits per heavy atom. The highest BCUT2D eigenvalue weighted by Crippen LogP contribution is 2.37. The number of carbonyl (C=O) groups excluding carboxylic acids is 2. The van der Waals surface area contributed by atoms with Crippen molar-refractivity contribution in [1.82, 2.24) is 4.90 Å². The summed E-state index contributed by atoms with van der Waals surface area (Å²) in [6, 6.07) is 21.2. The number of ether oxygens (including phenoxy) is 1. The van der Waals surface area contributed by atoms with Gasteiger partial charge in [0.15, 0.2) is 0 Å². The molecule has 2 unspecified atom stereocenters. The molecule has 0 saturated carbocycles. The highest BCUT2D eigenvalue weighted by atomic mass is 16.5. The van der Waals surface area contributed by atoms with E-state index in [9.17, 15) is 9.59 Å². The topological polar surface area (TPSA) is 71.8 Å². The standard InChI is InChI=1S/C26H24N2O4/c1-16(17-8-4-3-5-9-17)28-15-18(12-25(28)29)26(30)27-21-14-23-20(13-24(21)31-2)19-10-6-7-11-22(19)32-23/h3-11,13-14,16,18H,12,15H2,1-2H3,(H,27,30). The number of furan rings is 1. The van der Waals surface area contributed by atoms with Gasteiger partial charge in [-0.1, -0.05) is 48.5 Å². The van der Waals surface area contributed by atoms with Crippen LogP contribution in [0, 0.1) is 5.92 Å². The van der Waals surface area contributed by atoms with E-state index in [1.54, 1.807) is 18.1 Å². The van der Waals surface area contributed by atoms with Crippen LogP contribution < -0.4 is 10.1 Å². The summed E-state index contributed by atoms with van der Waals surface area (Å²) >= 11 is 0. The van der Waals surface area contributed by atoms with E-state index < -0.39 is 5.92 Å². The van der Waals surface area contributed by atoms with Crippen molar-refractivity contribution in [2.75, 3.05) is 19.0 Å². The molecule has 1 aliphatic heterocycles. The number of hydrogen-bond donors (Lipinski definition) is 1. The normalized spacial score (nSPS) is 17.1. The fraction of sp³-hybridized carbons (Fsp3) is 0.231. The Morgan fingerprint density at radius 3 is 2.59 bits per heavy atom. The number of carbonyl (C=O) groups is 2. The lowest BCUT2D eigenvalue weighted by Crippen LogP contribution is -2.30. The largest absolute Gasteiger partial charge is 0.495 e. The maximum atomic E-state index is 13.1.